The summed E-state index contributed by atoms with van der Waals surface area (Å²) in [5.41, 5.74) is 3.88. The molecule has 1 amide bonds. The van der Waals surface area contributed by atoms with Gasteiger partial charge in [0.2, 0.25) is 5.95 Å². The van der Waals surface area contributed by atoms with E-state index < -0.39 is 0 Å². The van der Waals surface area contributed by atoms with Crippen molar-refractivity contribution in [1.82, 2.24) is 19.8 Å². The summed E-state index contributed by atoms with van der Waals surface area (Å²) >= 11 is 6.23. The Hall–Kier alpha value is -2.18. The number of nitrogens with zero attached hydrogens (tertiary/aromatic N) is 5. The van der Waals surface area contributed by atoms with Crippen LogP contribution in [0, 0.1) is 6.92 Å². The Labute approximate surface area is 189 Å². The van der Waals surface area contributed by atoms with Crippen molar-refractivity contribution in [2.45, 2.75) is 45.1 Å². The monoisotopic (exact) mass is 439 g/mol. The average Bonchev–Trinajstić information content (AvgIpc) is 2.97. The average molecular weight is 440 g/mol. The first kappa shape index (κ1) is 20.7. The van der Waals surface area contributed by atoms with Gasteiger partial charge in [-0.15, -0.1) is 0 Å². The summed E-state index contributed by atoms with van der Waals surface area (Å²) in [5, 5.41) is 0.636. The van der Waals surface area contributed by atoms with Crippen LogP contribution in [0.1, 0.15) is 46.4 Å². The lowest BCUT2D eigenvalue weighted by molar-refractivity contribution is 0.0763. The minimum absolute atomic E-state index is 0.0370. The third kappa shape index (κ3) is 4.28. The van der Waals surface area contributed by atoms with E-state index in [2.05, 4.69) is 14.8 Å². The molecule has 6 nitrogen and oxygen atoms in total. The van der Waals surface area contributed by atoms with Crippen molar-refractivity contribution in [2.75, 3.05) is 44.2 Å². The fourth-order valence-corrected chi connectivity index (χ4v) is 4.95. The van der Waals surface area contributed by atoms with E-state index in [9.17, 15) is 4.79 Å². The Morgan fingerprint density at radius 1 is 1.06 bits per heavy atom. The SMILES string of the molecule is Cc1ccc(C(=O)N2CCc3cnc(N4CCN(C5CCC5)CC4)nc3CC2)cc1Cl. The van der Waals surface area contributed by atoms with Crippen LogP contribution in [0.25, 0.3) is 0 Å². The van der Waals surface area contributed by atoms with Crippen LogP contribution in [0.5, 0.6) is 0 Å². The molecule has 2 aromatic rings. The Morgan fingerprint density at radius 2 is 1.84 bits per heavy atom. The predicted octanol–water partition coefficient (Wildman–Crippen LogP) is 3.35. The molecule has 5 rings (SSSR count). The van der Waals surface area contributed by atoms with Gasteiger partial charge < -0.3 is 9.80 Å². The molecule has 31 heavy (non-hydrogen) atoms. The van der Waals surface area contributed by atoms with Crippen molar-refractivity contribution < 1.29 is 4.79 Å². The molecule has 1 aromatic carbocycles. The highest BCUT2D eigenvalue weighted by Crippen LogP contribution is 2.26. The van der Waals surface area contributed by atoms with Gasteiger partial charge in [-0.25, -0.2) is 9.97 Å². The second-order valence-corrected chi connectivity index (χ2v) is 9.41. The fourth-order valence-electron chi connectivity index (χ4n) is 4.77. The summed E-state index contributed by atoms with van der Waals surface area (Å²) in [5.74, 6) is 0.882. The number of amides is 1. The molecule has 0 radical (unpaired) electrons. The van der Waals surface area contributed by atoms with E-state index in [0.29, 0.717) is 23.7 Å². The van der Waals surface area contributed by atoms with Gasteiger partial charge in [0.25, 0.3) is 5.91 Å². The lowest BCUT2D eigenvalue weighted by Gasteiger charge is -2.43. The van der Waals surface area contributed by atoms with Crippen molar-refractivity contribution in [3.8, 4) is 0 Å². The Balaban J connectivity index is 1.24. The van der Waals surface area contributed by atoms with Crippen molar-refractivity contribution in [1.29, 1.82) is 0 Å². The van der Waals surface area contributed by atoms with Gasteiger partial charge in [0.15, 0.2) is 0 Å². The maximum Gasteiger partial charge on any atom is 0.253 e. The first-order chi connectivity index (χ1) is 15.1. The summed E-state index contributed by atoms with van der Waals surface area (Å²) in [4.78, 5) is 29.5. The first-order valence-corrected chi connectivity index (χ1v) is 11.9. The molecule has 7 heteroatoms. The van der Waals surface area contributed by atoms with E-state index in [0.717, 1.165) is 67.8 Å². The molecule has 1 saturated heterocycles. The van der Waals surface area contributed by atoms with Crippen LogP contribution in [0.3, 0.4) is 0 Å². The highest BCUT2D eigenvalue weighted by molar-refractivity contribution is 6.31. The topological polar surface area (TPSA) is 52.6 Å². The molecule has 0 atom stereocenters. The molecule has 3 aliphatic rings. The third-order valence-electron chi connectivity index (χ3n) is 7.11. The lowest BCUT2D eigenvalue weighted by Crippen LogP contribution is -2.52. The van der Waals surface area contributed by atoms with Gasteiger partial charge in [0.05, 0.1) is 5.69 Å². The number of hydrogen-bond donors (Lipinski definition) is 0. The molecule has 0 bridgehead atoms. The van der Waals surface area contributed by atoms with E-state index in [1.54, 1.807) is 6.07 Å². The predicted molar refractivity (Wildman–Crippen MR) is 123 cm³/mol. The molecule has 1 aliphatic carbocycles. The third-order valence-corrected chi connectivity index (χ3v) is 7.51. The van der Waals surface area contributed by atoms with Crippen LogP contribution < -0.4 is 4.90 Å². The Kier molecular flexibility index (Phi) is 5.85. The molecule has 0 spiro atoms. The standard InChI is InChI=1S/C24H30ClN5O/c1-17-5-6-18(15-21(17)25)23(31)29-9-7-19-16-26-24(27-22(19)8-10-29)30-13-11-28(12-14-30)20-3-2-4-20/h5-6,15-16,20H,2-4,7-14H2,1H3. The molecule has 3 heterocycles. The maximum atomic E-state index is 13.0. The van der Waals surface area contributed by atoms with Gasteiger partial charge in [-0.3, -0.25) is 9.69 Å². The summed E-state index contributed by atoms with van der Waals surface area (Å²) < 4.78 is 0. The number of piperazine rings is 1. The van der Waals surface area contributed by atoms with Crippen LogP contribution in [0.15, 0.2) is 24.4 Å². The molecule has 0 unspecified atom stereocenters. The fraction of sp³-hybridized carbons (Fsp3) is 0.542. The molecular formula is C24H30ClN5O. The minimum Gasteiger partial charge on any atom is -0.338 e. The van der Waals surface area contributed by atoms with Gasteiger partial charge in [-0.05, 0) is 49.4 Å². The number of anilines is 1. The van der Waals surface area contributed by atoms with Gasteiger partial charge in [-0.1, -0.05) is 24.1 Å². The first-order valence-electron chi connectivity index (χ1n) is 11.5. The zero-order valence-corrected chi connectivity index (χ0v) is 18.9. The van der Waals surface area contributed by atoms with E-state index in [1.165, 1.54) is 19.3 Å². The number of carbonyl (C=O) groups is 1. The molecule has 2 fully saturated rings. The second kappa shape index (κ2) is 8.75. The van der Waals surface area contributed by atoms with Crippen molar-refractivity contribution >= 4 is 23.5 Å². The summed E-state index contributed by atoms with van der Waals surface area (Å²) in [6.07, 6.45) is 7.63. The van der Waals surface area contributed by atoms with E-state index in [4.69, 9.17) is 16.6 Å². The number of fused-ring (bicyclic) bond motifs is 1. The van der Waals surface area contributed by atoms with Gasteiger partial charge in [0, 0.05) is 68.5 Å². The zero-order valence-electron chi connectivity index (χ0n) is 18.2. The summed E-state index contributed by atoms with van der Waals surface area (Å²) in [7, 11) is 0. The Morgan fingerprint density at radius 3 is 2.55 bits per heavy atom. The van der Waals surface area contributed by atoms with Crippen LogP contribution >= 0.6 is 11.6 Å². The van der Waals surface area contributed by atoms with Gasteiger partial charge >= 0.3 is 0 Å². The number of benzene rings is 1. The second-order valence-electron chi connectivity index (χ2n) is 9.01. The van der Waals surface area contributed by atoms with E-state index >= 15 is 0 Å². The zero-order chi connectivity index (χ0) is 21.4. The lowest BCUT2D eigenvalue weighted by atomic mass is 9.91. The molecular weight excluding hydrogens is 410 g/mol. The summed E-state index contributed by atoms with van der Waals surface area (Å²) in [6.45, 7) is 7.49. The number of aromatic nitrogens is 2. The van der Waals surface area contributed by atoms with Crippen molar-refractivity contribution in [2.24, 2.45) is 0 Å². The number of aryl methyl sites for hydroxylation is 1. The van der Waals surface area contributed by atoms with Crippen molar-refractivity contribution in [3.63, 3.8) is 0 Å². The number of halogens is 1. The van der Waals surface area contributed by atoms with E-state index in [1.807, 2.05) is 30.2 Å². The van der Waals surface area contributed by atoms with Crippen LogP contribution in [0.2, 0.25) is 5.02 Å². The number of hydrogen-bond acceptors (Lipinski definition) is 5. The quantitative estimate of drug-likeness (QED) is 0.734. The Bertz CT molecular complexity index is 968. The van der Waals surface area contributed by atoms with Crippen LogP contribution in [0.4, 0.5) is 5.95 Å². The summed E-state index contributed by atoms with van der Waals surface area (Å²) in [6, 6.07) is 6.35. The van der Waals surface area contributed by atoms with Gasteiger partial charge in [0.1, 0.15) is 0 Å². The minimum atomic E-state index is 0.0370. The number of rotatable bonds is 3. The smallest absolute Gasteiger partial charge is 0.253 e. The molecule has 2 aliphatic heterocycles. The molecule has 1 aromatic heterocycles. The molecule has 0 N–H and O–H groups in total. The number of carbonyl (C=O) groups excluding carboxylic acids is 1. The van der Waals surface area contributed by atoms with E-state index in [-0.39, 0.29) is 5.91 Å². The van der Waals surface area contributed by atoms with Crippen LogP contribution in [-0.4, -0.2) is 71.0 Å². The molecule has 164 valence electrons. The largest absolute Gasteiger partial charge is 0.338 e. The molecule has 1 saturated carbocycles. The normalized spacial score (nSPS) is 20.2. The van der Waals surface area contributed by atoms with Crippen molar-refractivity contribution in [3.05, 3.63) is 51.8 Å². The highest BCUT2D eigenvalue weighted by Gasteiger charge is 2.29. The van der Waals surface area contributed by atoms with Gasteiger partial charge in [-0.2, -0.15) is 0 Å². The van der Waals surface area contributed by atoms with Crippen LogP contribution in [-0.2, 0) is 12.8 Å². The maximum absolute atomic E-state index is 13.0. The highest BCUT2D eigenvalue weighted by atomic mass is 35.5.